The maximum atomic E-state index is 14.3. The summed E-state index contributed by atoms with van der Waals surface area (Å²) in [6.45, 7) is 1.58. The van der Waals surface area contributed by atoms with E-state index in [1.54, 1.807) is 31.2 Å². The summed E-state index contributed by atoms with van der Waals surface area (Å²) in [6, 6.07) is 11.5. The minimum atomic E-state index is -0.994. The van der Waals surface area contributed by atoms with Gasteiger partial charge in [-0.1, -0.05) is 35.9 Å². The van der Waals surface area contributed by atoms with Crippen LogP contribution in [0, 0.1) is 5.82 Å². The fourth-order valence-corrected chi connectivity index (χ4v) is 2.99. The first-order valence-corrected chi connectivity index (χ1v) is 7.93. The molecule has 3 amide bonds. The summed E-state index contributed by atoms with van der Waals surface area (Å²) < 4.78 is 14.3. The second kappa shape index (κ2) is 6.94. The predicted octanol–water partition coefficient (Wildman–Crippen LogP) is 3.75. The van der Waals surface area contributed by atoms with Crippen LogP contribution in [0.5, 0.6) is 0 Å². The number of amides is 3. The molecule has 7 heteroatoms. The Bertz CT molecular complexity index is 848. The highest BCUT2D eigenvalue weighted by atomic mass is 35.5. The molecule has 128 valence electrons. The number of nitrogens with one attached hydrogen (secondary N) is 3. The molecule has 1 heterocycles. The monoisotopic (exact) mass is 359 g/mol. The number of halogens is 2. The van der Waals surface area contributed by atoms with Gasteiger partial charge in [0.2, 0.25) is 0 Å². The molecular formula is C18H15ClFN3O2. The van der Waals surface area contributed by atoms with Crippen molar-refractivity contribution in [1.29, 1.82) is 0 Å². The number of carbonyl (C=O) groups excluding carboxylic acids is 2. The molecule has 1 aliphatic rings. The average molecular weight is 360 g/mol. The number of hydrogen-bond acceptors (Lipinski definition) is 2. The highest BCUT2D eigenvalue weighted by Gasteiger charge is 2.34. The highest BCUT2D eigenvalue weighted by Crippen LogP contribution is 2.33. The van der Waals surface area contributed by atoms with Crippen LogP contribution in [-0.4, -0.2) is 11.9 Å². The van der Waals surface area contributed by atoms with E-state index < -0.39 is 23.8 Å². The Labute approximate surface area is 148 Å². The van der Waals surface area contributed by atoms with Crippen molar-refractivity contribution < 1.29 is 14.0 Å². The van der Waals surface area contributed by atoms with E-state index in [2.05, 4.69) is 16.0 Å². The Morgan fingerprint density at radius 2 is 1.88 bits per heavy atom. The summed E-state index contributed by atoms with van der Waals surface area (Å²) in [6.07, 6.45) is 0. The normalized spacial score (nSPS) is 16.9. The second-order valence-corrected chi connectivity index (χ2v) is 5.93. The maximum absolute atomic E-state index is 14.3. The third-order valence-corrected chi connectivity index (χ3v) is 4.16. The van der Waals surface area contributed by atoms with Crippen molar-refractivity contribution in [1.82, 2.24) is 10.6 Å². The van der Waals surface area contributed by atoms with Gasteiger partial charge < -0.3 is 16.0 Å². The van der Waals surface area contributed by atoms with Gasteiger partial charge in [0.25, 0.3) is 5.91 Å². The van der Waals surface area contributed by atoms with Gasteiger partial charge in [-0.3, -0.25) is 4.79 Å². The minimum absolute atomic E-state index is 0.0524. The first-order valence-electron chi connectivity index (χ1n) is 7.56. The van der Waals surface area contributed by atoms with Crippen LogP contribution in [0.2, 0.25) is 5.02 Å². The summed E-state index contributed by atoms with van der Waals surface area (Å²) in [7, 11) is 0. The number of allylic oxidation sites excluding steroid dienone is 1. The van der Waals surface area contributed by atoms with E-state index in [0.29, 0.717) is 11.4 Å². The Morgan fingerprint density at radius 3 is 2.56 bits per heavy atom. The van der Waals surface area contributed by atoms with Gasteiger partial charge in [0.05, 0.1) is 11.6 Å². The van der Waals surface area contributed by atoms with Crippen LogP contribution in [-0.2, 0) is 4.79 Å². The van der Waals surface area contributed by atoms with Crippen LogP contribution in [0.1, 0.15) is 18.5 Å². The maximum Gasteiger partial charge on any atom is 0.319 e. The number of carbonyl (C=O) groups is 2. The Balaban J connectivity index is 2.02. The van der Waals surface area contributed by atoms with E-state index >= 15 is 0 Å². The molecule has 0 saturated carbocycles. The largest absolute Gasteiger partial charge is 0.327 e. The number of para-hydroxylation sites is 1. The fourth-order valence-electron chi connectivity index (χ4n) is 2.72. The molecule has 1 aliphatic heterocycles. The van der Waals surface area contributed by atoms with Crippen LogP contribution in [0.3, 0.4) is 0 Å². The van der Waals surface area contributed by atoms with Crippen molar-refractivity contribution >= 4 is 29.2 Å². The SMILES string of the molecule is CC1=C(C(=O)Nc2ccccc2)[C@@H](c2c(F)cccc2Cl)NC(=O)N1. The molecule has 25 heavy (non-hydrogen) atoms. The van der Waals surface area contributed by atoms with E-state index in [1.165, 1.54) is 18.2 Å². The summed E-state index contributed by atoms with van der Waals surface area (Å²) in [5.74, 6) is -1.06. The van der Waals surface area contributed by atoms with Gasteiger partial charge in [0, 0.05) is 22.0 Å². The van der Waals surface area contributed by atoms with Crippen LogP contribution in [0.15, 0.2) is 59.8 Å². The van der Waals surface area contributed by atoms with E-state index in [-0.39, 0.29) is 16.2 Å². The van der Waals surface area contributed by atoms with Crippen LogP contribution in [0.25, 0.3) is 0 Å². The topological polar surface area (TPSA) is 70.2 Å². The van der Waals surface area contributed by atoms with Gasteiger partial charge in [-0.2, -0.15) is 0 Å². The fraction of sp³-hybridized carbons (Fsp3) is 0.111. The van der Waals surface area contributed by atoms with Gasteiger partial charge in [0.15, 0.2) is 0 Å². The summed E-state index contributed by atoms with van der Waals surface area (Å²) in [4.78, 5) is 24.6. The number of hydrogen-bond donors (Lipinski definition) is 3. The molecule has 0 bridgehead atoms. The van der Waals surface area contributed by atoms with Crippen LogP contribution < -0.4 is 16.0 Å². The van der Waals surface area contributed by atoms with E-state index in [1.807, 2.05) is 6.07 Å². The predicted molar refractivity (Wildman–Crippen MR) is 93.6 cm³/mol. The zero-order valence-electron chi connectivity index (χ0n) is 13.3. The third-order valence-electron chi connectivity index (χ3n) is 3.83. The van der Waals surface area contributed by atoms with Crippen LogP contribution in [0.4, 0.5) is 14.9 Å². The van der Waals surface area contributed by atoms with Crippen molar-refractivity contribution in [2.24, 2.45) is 0 Å². The standard InChI is InChI=1S/C18H15ClFN3O2/c1-10-14(17(24)22-11-6-3-2-4-7-11)16(23-18(25)21-10)15-12(19)8-5-9-13(15)20/h2-9,16H,1H3,(H,22,24)(H2,21,23,25)/t16-/m0/s1. The molecule has 0 unspecified atom stereocenters. The quantitative estimate of drug-likeness (QED) is 0.781. The average Bonchev–Trinajstić information content (AvgIpc) is 2.55. The molecular weight excluding hydrogens is 345 g/mol. The Hall–Kier alpha value is -2.86. The van der Waals surface area contributed by atoms with Crippen molar-refractivity contribution in [2.75, 3.05) is 5.32 Å². The van der Waals surface area contributed by atoms with E-state index in [9.17, 15) is 14.0 Å². The van der Waals surface area contributed by atoms with Crippen molar-refractivity contribution in [2.45, 2.75) is 13.0 Å². The number of urea groups is 1. The van der Waals surface area contributed by atoms with Gasteiger partial charge in [-0.25, -0.2) is 9.18 Å². The molecule has 2 aromatic carbocycles. The summed E-state index contributed by atoms with van der Waals surface area (Å²) in [5, 5.41) is 7.98. The van der Waals surface area contributed by atoms with Crippen molar-refractivity contribution in [3.05, 3.63) is 76.2 Å². The van der Waals surface area contributed by atoms with Gasteiger partial charge >= 0.3 is 6.03 Å². The first kappa shape index (κ1) is 17.0. The molecule has 5 nitrogen and oxygen atoms in total. The summed E-state index contributed by atoms with van der Waals surface area (Å²) in [5.41, 5.74) is 1.16. The van der Waals surface area contributed by atoms with Crippen molar-refractivity contribution in [3.63, 3.8) is 0 Å². The number of anilines is 1. The van der Waals surface area contributed by atoms with E-state index in [0.717, 1.165) is 0 Å². The van der Waals surface area contributed by atoms with E-state index in [4.69, 9.17) is 11.6 Å². The molecule has 3 rings (SSSR count). The smallest absolute Gasteiger partial charge is 0.319 e. The lowest BCUT2D eigenvalue weighted by Crippen LogP contribution is -2.46. The summed E-state index contributed by atoms with van der Waals surface area (Å²) >= 11 is 6.12. The molecule has 0 radical (unpaired) electrons. The zero-order valence-corrected chi connectivity index (χ0v) is 14.0. The molecule has 0 aromatic heterocycles. The number of benzene rings is 2. The molecule has 0 spiro atoms. The lowest BCUT2D eigenvalue weighted by molar-refractivity contribution is -0.113. The van der Waals surface area contributed by atoms with Gasteiger partial charge in [0.1, 0.15) is 5.82 Å². The molecule has 2 aromatic rings. The van der Waals surface area contributed by atoms with Gasteiger partial charge in [-0.15, -0.1) is 0 Å². The third kappa shape index (κ3) is 3.49. The number of rotatable bonds is 3. The minimum Gasteiger partial charge on any atom is -0.327 e. The zero-order chi connectivity index (χ0) is 18.0. The molecule has 0 aliphatic carbocycles. The second-order valence-electron chi connectivity index (χ2n) is 5.53. The molecule has 0 saturated heterocycles. The van der Waals surface area contributed by atoms with Crippen LogP contribution >= 0.6 is 11.6 Å². The first-order chi connectivity index (χ1) is 12.0. The molecule has 0 fully saturated rings. The highest BCUT2D eigenvalue weighted by molar-refractivity contribution is 6.31. The molecule has 1 atom stereocenters. The lowest BCUT2D eigenvalue weighted by atomic mass is 9.94. The molecule has 3 N–H and O–H groups in total. The van der Waals surface area contributed by atoms with Crippen molar-refractivity contribution in [3.8, 4) is 0 Å². The lowest BCUT2D eigenvalue weighted by Gasteiger charge is -2.29. The Kier molecular flexibility index (Phi) is 4.72. The van der Waals surface area contributed by atoms with Gasteiger partial charge in [-0.05, 0) is 31.2 Å². The Morgan fingerprint density at radius 1 is 1.16 bits per heavy atom.